The first kappa shape index (κ1) is 12.5. The zero-order chi connectivity index (χ0) is 12.3. The lowest BCUT2D eigenvalue weighted by atomic mass is 10.3. The third-order valence-corrected chi connectivity index (χ3v) is 5.67. The predicted octanol–water partition coefficient (Wildman–Crippen LogP) is -0.0464. The fourth-order valence-corrected chi connectivity index (χ4v) is 3.99. The van der Waals surface area contributed by atoms with Crippen molar-refractivity contribution in [3.05, 3.63) is 17.5 Å². The van der Waals surface area contributed by atoms with Gasteiger partial charge >= 0.3 is 0 Å². The summed E-state index contributed by atoms with van der Waals surface area (Å²) in [5, 5.41) is 4.82. The topological polar surface area (TPSA) is 66.5 Å². The Bertz CT molecular complexity index is 476. The summed E-state index contributed by atoms with van der Waals surface area (Å²) in [6.45, 7) is 2.62. The largest absolute Gasteiger partial charge is 0.339 e. The number of rotatable bonds is 3. The molecular formula is C10H14N2O3S2. The van der Waals surface area contributed by atoms with Crippen molar-refractivity contribution in [2.45, 2.75) is 4.21 Å². The molecule has 17 heavy (non-hydrogen) atoms. The fraction of sp³-hybridized carbons (Fsp3) is 0.500. The highest BCUT2D eigenvalue weighted by atomic mass is 32.2. The Morgan fingerprint density at radius 2 is 2.12 bits per heavy atom. The number of hydrogen-bond acceptors (Lipinski definition) is 5. The number of piperazine rings is 1. The van der Waals surface area contributed by atoms with Crippen LogP contribution in [0.2, 0.25) is 0 Å². The van der Waals surface area contributed by atoms with E-state index in [4.69, 9.17) is 0 Å². The summed E-state index contributed by atoms with van der Waals surface area (Å²) in [5.74, 6) is -0.729. The van der Waals surface area contributed by atoms with Crippen LogP contribution in [0, 0.1) is 0 Å². The summed E-state index contributed by atoms with van der Waals surface area (Å²) >= 11 is 1.15. The van der Waals surface area contributed by atoms with Crippen molar-refractivity contribution in [1.29, 1.82) is 0 Å². The molecule has 2 rings (SSSR count). The molecular weight excluding hydrogens is 260 g/mol. The maximum atomic E-state index is 11.9. The average Bonchev–Trinajstić information content (AvgIpc) is 2.84. The first-order valence-corrected chi connectivity index (χ1v) is 7.87. The molecule has 1 N–H and O–H groups in total. The molecule has 94 valence electrons. The quantitative estimate of drug-likeness (QED) is 0.839. The number of amides is 1. The number of thiophene rings is 1. The van der Waals surface area contributed by atoms with E-state index in [1.165, 1.54) is 6.07 Å². The Morgan fingerprint density at radius 1 is 1.41 bits per heavy atom. The number of nitrogens with zero attached hydrogens (tertiary/aromatic N) is 1. The van der Waals surface area contributed by atoms with E-state index in [1.807, 2.05) is 0 Å². The number of carbonyl (C=O) groups is 1. The lowest BCUT2D eigenvalue weighted by Gasteiger charge is -2.27. The molecule has 0 bridgehead atoms. The number of hydrogen-bond donors (Lipinski definition) is 1. The molecule has 0 saturated carbocycles. The van der Waals surface area contributed by atoms with Gasteiger partial charge in [0.2, 0.25) is 5.91 Å². The third kappa shape index (κ3) is 3.05. The van der Waals surface area contributed by atoms with Gasteiger partial charge in [-0.2, -0.15) is 0 Å². The standard InChI is InChI=1S/C10H14N2O3S2/c13-9(12-5-3-11-4-6-12)8-17(14,15)10-2-1-7-16-10/h1-2,7,11H,3-6,8H2. The minimum absolute atomic E-state index is 0.265. The first-order valence-electron chi connectivity index (χ1n) is 5.34. The molecule has 1 amide bonds. The lowest BCUT2D eigenvalue weighted by molar-refractivity contribution is -0.128. The van der Waals surface area contributed by atoms with Gasteiger partial charge in [-0.15, -0.1) is 11.3 Å². The minimum Gasteiger partial charge on any atom is -0.339 e. The van der Waals surface area contributed by atoms with Gasteiger partial charge in [-0.3, -0.25) is 4.79 Å². The van der Waals surface area contributed by atoms with E-state index in [-0.39, 0.29) is 10.1 Å². The van der Waals surface area contributed by atoms with Gasteiger partial charge in [-0.05, 0) is 11.4 Å². The fourth-order valence-electron chi connectivity index (χ4n) is 1.68. The summed E-state index contributed by atoms with van der Waals surface area (Å²) in [6, 6.07) is 3.21. The van der Waals surface area contributed by atoms with Gasteiger partial charge < -0.3 is 10.2 Å². The van der Waals surface area contributed by atoms with Gasteiger partial charge in [0.25, 0.3) is 0 Å². The Hall–Kier alpha value is -0.920. The van der Waals surface area contributed by atoms with E-state index in [2.05, 4.69) is 5.32 Å². The molecule has 0 radical (unpaired) electrons. The second-order valence-corrected chi connectivity index (χ2v) is 6.99. The molecule has 1 aromatic rings. The molecule has 1 aromatic heterocycles. The van der Waals surface area contributed by atoms with Crippen LogP contribution in [0.3, 0.4) is 0 Å². The van der Waals surface area contributed by atoms with E-state index < -0.39 is 15.6 Å². The van der Waals surface area contributed by atoms with Crippen LogP contribution in [0.5, 0.6) is 0 Å². The zero-order valence-corrected chi connectivity index (χ0v) is 10.9. The van der Waals surface area contributed by atoms with Crippen molar-refractivity contribution in [1.82, 2.24) is 10.2 Å². The van der Waals surface area contributed by atoms with Crippen molar-refractivity contribution >= 4 is 27.1 Å². The van der Waals surface area contributed by atoms with Crippen LogP contribution in [0.1, 0.15) is 0 Å². The van der Waals surface area contributed by atoms with E-state index >= 15 is 0 Å². The van der Waals surface area contributed by atoms with E-state index in [1.54, 1.807) is 16.3 Å². The molecule has 0 spiro atoms. The summed E-state index contributed by atoms with van der Waals surface area (Å²) in [4.78, 5) is 13.4. The van der Waals surface area contributed by atoms with Crippen molar-refractivity contribution in [3.8, 4) is 0 Å². The molecule has 1 aliphatic heterocycles. The highest BCUT2D eigenvalue weighted by molar-refractivity contribution is 7.94. The van der Waals surface area contributed by atoms with E-state index in [0.29, 0.717) is 13.1 Å². The summed E-state index contributed by atoms with van der Waals surface area (Å²) in [6.07, 6.45) is 0. The maximum absolute atomic E-state index is 11.9. The summed E-state index contributed by atoms with van der Waals surface area (Å²) < 4.78 is 24.1. The second-order valence-electron chi connectivity index (χ2n) is 3.82. The predicted molar refractivity (Wildman–Crippen MR) is 65.8 cm³/mol. The first-order chi connectivity index (χ1) is 8.09. The van der Waals surface area contributed by atoms with Gasteiger partial charge in [-0.1, -0.05) is 6.07 Å². The minimum atomic E-state index is -3.46. The lowest BCUT2D eigenvalue weighted by Crippen LogP contribution is -2.48. The molecule has 0 unspecified atom stereocenters. The van der Waals surface area contributed by atoms with Crippen LogP contribution in [-0.2, 0) is 14.6 Å². The SMILES string of the molecule is O=C(CS(=O)(=O)c1cccs1)N1CCNCC1. The molecule has 0 aromatic carbocycles. The van der Waals surface area contributed by atoms with Gasteiger partial charge in [-0.25, -0.2) is 8.42 Å². The van der Waals surface area contributed by atoms with Gasteiger partial charge in [0.15, 0.2) is 9.84 Å². The van der Waals surface area contributed by atoms with Gasteiger partial charge in [0.05, 0.1) is 0 Å². The molecule has 0 atom stereocenters. The molecule has 7 heteroatoms. The average molecular weight is 274 g/mol. The normalized spacial score (nSPS) is 17.1. The van der Waals surface area contributed by atoms with Crippen LogP contribution in [0.15, 0.2) is 21.7 Å². The molecule has 5 nitrogen and oxygen atoms in total. The van der Waals surface area contributed by atoms with E-state index in [9.17, 15) is 13.2 Å². The Morgan fingerprint density at radius 3 is 2.71 bits per heavy atom. The van der Waals surface area contributed by atoms with Crippen molar-refractivity contribution in [3.63, 3.8) is 0 Å². The monoisotopic (exact) mass is 274 g/mol. The summed E-state index contributed by atoms with van der Waals surface area (Å²) in [5.41, 5.74) is 0. The number of carbonyl (C=O) groups excluding carboxylic acids is 1. The number of nitrogens with one attached hydrogen (secondary N) is 1. The van der Waals surface area contributed by atoms with Crippen molar-refractivity contribution < 1.29 is 13.2 Å². The van der Waals surface area contributed by atoms with Crippen LogP contribution >= 0.6 is 11.3 Å². The Balaban J connectivity index is 2.03. The van der Waals surface area contributed by atoms with Crippen LogP contribution < -0.4 is 5.32 Å². The van der Waals surface area contributed by atoms with Crippen molar-refractivity contribution in [2.75, 3.05) is 31.9 Å². The molecule has 1 aliphatic rings. The molecule has 1 saturated heterocycles. The smallest absolute Gasteiger partial charge is 0.238 e. The van der Waals surface area contributed by atoms with Gasteiger partial charge in [0.1, 0.15) is 9.96 Å². The van der Waals surface area contributed by atoms with E-state index in [0.717, 1.165) is 24.4 Å². The third-order valence-electron chi connectivity index (χ3n) is 2.58. The maximum Gasteiger partial charge on any atom is 0.238 e. The highest BCUT2D eigenvalue weighted by Gasteiger charge is 2.24. The molecule has 2 heterocycles. The zero-order valence-electron chi connectivity index (χ0n) is 9.26. The highest BCUT2D eigenvalue weighted by Crippen LogP contribution is 2.17. The van der Waals surface area contributed by atoms with Gasteiger partial charge in [0, 0.05) is 26.2 Å². The van der Waals surface area contributed by atoms with Crippen LogP contribution in [-0.4, -0.2) is 51.2 Å². The Labute approximate surface area is 104 Å². The number of sulfone groups is 1. The van der Waals surface area contributed by atoms with Crippen LogP contribution in [0.4, 0.5) is 0 Å². The van der Waals surface area contributed by atoms with Crippen LogP contribution in [0.25, 0.3) is 0 Å². The second kappa shape index (κ2) is 5.16. The summed E-state index contributed by atoms with van der Waals surface area (Å²) in [7, 11) is -3.46. The van der Waals surface area contributed by atoms with Crippen molar-refractivity contribution in [2.24, 2.45) is 0 Å². The molecule has 1 fully saturated rings. The Kier molecular flexibility index (Phi) is 3.80. The molecule has 0 aliphatic carbocycles.